The normalized spacial score (nSPS) is 19.2. The molecule has 0 bridgehead atoms. The van der Waals surface area contributed by atoms with E-state index >= 15 is 0 Å². The fraction of sp³-hybridized carbons (Fsp3) is 0.333. The number of fused-ring (bicyclic) bond motifs is 1. The third-order valence-electron chi connectivity index (χ3n) is 2.80. The van der Waals surface area contributed by atoms with E-state index < -0.39 is 18.4 Å². The first-order valence-electron chi connectivity index (χ1n) is 5.57. The molecule has 0 radical (unpaired) electrons. The molecule has 18 heavy (non-hydrogen) atoms. The number of amides is 1. The van der Waals surface area contributed by atoms with Crippen molar-refractivity contribution in [3.05, 3.63) is 29.8 Å². The van der Waals surface area contributed by atoms with E-state index in [4.69, 9.17) is 15.6 Å². The molecule has 6 nitrogen and oxygen atoms in total. The molecular formula is C12H14N2O4. The predicted molar refractivity (Wildman–Crippen MR) is 64.2 cm³/mol. The molecule has 1 aromatic rings. The second kappa shape index (κ2) is 4.66. The number of carbonyl (C=O) groups is 2. The van der Waals surface area contributed by atoms with E-state index in [1.165, 1.54) is 4.90 Å². The van der Waals surface area contributed by atoms with Crippen molar-refractivity contribution in [3.63, 3.8) is 0 Å². The topological polar surface area (TPSA) is 92.9 Å². The maximum absolute atomic E-state index is 12.0. The van der Waals surface area contributed by atoms with Gasteiger partial charge in [-0.15, -0.1) is 0 Å². The summed E-state index contributed by atoms with van der Waals surface area (Å²) in [5.41, 5.74) is 7.10. The first kappa shape index (κ1) is 12.4. The van der Waals surface area contributed by atoms with Gasteiger partial charge in [-0.05, 0) is 18.6 Å². The van der Waals surface area contributed by atoms with Gasteiger partial charge in [0, 0.05) is 6.42 Å². The zero-order chi connectivity index (χ0) is 13.3. The highest BCUT2D eigenvalue weighted by Gasteiger charge is 2.37. The van der Waals surface area contributed by atoms with Gasteiger partial charge < -0.3 is 15.6 Å². The van der Waals surface area contributed by atoms with Crippen molar-refractivity contribution in [1.82, 2.24) is 0 Å². The Hall–Kier alpha value is -2.08. The first-order chi connectivity index (χ1) is 8.50. The molecule has 1 amide bonds. The van der Waals surface area contributed by atoms with E-state index in [2.05, 4.69) is 0 Å². The molecular weight excluding hydrogens is 236 g/mol. The lowest BCUT2D eigenvalue weighted by molar-refractivity contribution is -0.121. The van der Waals surface area contributed by atoms with Gasteiger partial charge in [-0.1, -0.05) is 18.2 Å². The molecule has 1 heterocycles. The third kappa shape index (κ3) is 2.14. The van der Waals surface area contributed by atoms with E-state index in [1.807, 2.05) is 12.1 Å². The van der Waals surface area contributed by atoms with Crippen LogP contribution in [0.25, 0.3) is 0 Å². The van der Waals surface area contributed by atoms with Gasteiger partial charge in [0.05, 0.1) is 11.7 Å². The van der Waals surface area contributed by atoms with Gasteiger partial charge in [0.2, 0.25) is 5.91 Å². The molecule has 0 unspecified atom stereocenters. The molecule has 6 heteroatoms. The maximum atomic E-state index is 12.0. The minimum atomic E-state index is -1.41. The van der Waals surface area contributed by atoms with Crippen molar-refractivity contribution in [2.75, 3.05) is 4.90 Å². The Morgan fingerprint density at radius 3 is 2.78 bits per heavy atom. The molecule has 1 aromatic carbocycles. The summed E-state index contributed by atoms with van der Waals surface area (Å²) in [5, 5.41) is 8.70. The van der Waals surface area contributed by atoms with Crippen LogP contribution in [0.1, 0.15) is 12.5 Å². The van der Waals surface area contributed by atoms with Gasteiger partial charge in [-0.3, -0.25) is 9.69 Å². The van der Waals surface area contributed by atoms with Crippen molar-refractivity contribution in [2.45, 2.75) is 25.6 Å². The van der Waals surface area contributed by atoms with E-state index in [1.54, 1.807) is 19.1 Å². The number of carbonyl (C=O) groups excluding carboxylic acids is 1. The predicted octanol–water partition coefficient (Wildman–Crippen LogP) is 0.944. The summed E-state index contributed by atoms with van der Waals surface area (Å²) in [6.07, 6.45) is -1.89. The summed E-state index contributed by atoms with van der Waals surface area (Å²) in [7, 11) is 0. The summed E-state index contributed by atoms with van der Waals surface area (Å²) >= 11 is 0. The van der Waals surface area contributed by atoms with Gasteiger partial charge in [-0.25, -0.2) is 4.79 Å². The SMILES string of the molecule is C[C@H](N)C(=O)N1c2ccccc2C[C@@H]1OC(=O)O. The molecule has 2 atom stereocenters. The molecule has 2 rings (SSSR count). The van der Waals surface area contributed by atoms with Crippen LogP contribution >= 0.6 is 0 Å². The average Bonchev–Trinajstić information content (AvgIpc) is 2.64. The lowest BCUT2D eigenvalue weighted by Gasteiger charge is -2.25. The van der Waals surface area contributed by atoms with Crippen LogP contribution in [0.5, 0.6) is 0 Å². The molecule has 96 valence electrons. The largest absolute Gasteiger partial charge is 0.507 e. The van der Waals surface area contributed by atoms with Crippen LogP contribution < -0.4 is 10.6 Å². The molecule has 1 aliphatic rings. The zero-order valence-electron chi connectivity index (χ0n) is 9.87. The van der Waals surface area contributed by atoms with Crippen molar-refractivity contribution in [2.24, 2.45) is 5.73 Å². The summed E-state index contributed by atoms with van der Waals surface area (Å²) in [6, 6.07) is 6.49. The molecule has 0 saturated heterocycles. The third-order valence-corrected chi connectivity index (χ3v) is 2.80. The Morgan fingerprint density at radius 2 is 2.17 bits per heavy atom. The van der Waals surface area contributed by atoms with Crippen LogP contribution in [0.15, 0.2) is 24.3 Å². The Balaban J connectivity index is 2.35. The molecule has 1 aliphatic heterocycles. The number of hydrogen-bond acceptors (Lipinski definition) is 4. The summed E-state index contributed by atoms with van der Waals surface area (Å²) in [5.74, 6) is -0.355. The van der Waals surface area contributed by atoms with Crippen LogP contribution in [0.2, 0.25) is 0 Å². The van der Waals surface area contributed by atoms with Crippen molar-refractivity contribution >= 4 is 17.7 Å². The number of nitrogens with two attached hydrogens (primary N) is 1. The van der Waals surface area contributed by atoms with E-state index in [0.29, 0.717) is 12.1 Å². The number of benzene rings is 1. The monoisotopic (exact) mass is 250 g/mol. The minimum Gasteiger partial charge on any atom is -0.450 e. The van der Waals surface area contributed by atoms with Crippen LogP contribution in [0, 0.1) is 0 Å². The lowest BCUT2D eigenvalue weighted by atomic mass is 10.2. The molecule has 0 aromatic heterocycles. The molecule has 0 saturated carbocycles. The quantitative estimate of drug-likeness (QED) is 0.762. The standard InChI is InChI=1S/C12H14N2O4/c1-7(13)11(15)14-9-5-3-2-4-8(9)6-10(14)18-12(16)17/h2-5,7,10H,6,13H2,1H3,(H,16,17)/t7-,10-/m0/s1. The highest BCUT2D eigenvalue weighted by atomic mass is 16.7. The van der Waals surface area contributed by atoms with Crippen molar-refractivity contribution < 1.29 is 19.4 Å². The number of anilines is 1. The molecule has 3 N–H and O–H groups in total. The van der Waals surface area contributed by atoms with Crippen molar-refractivity contribution in [1.29, 1.82) is 0 Å². The molecule has 0 fully saturated rings. The highest BCUT2D eigenvalue weighted by Crippen LogP contribution is 2.32. The fourth-order valence-electron chi connectivity index (χ4n) is 2.04. The van der Waals surface area contributed by atoms with Gasteiger partial charge in [0.25, 0.3) is 0 Å². The van der Waals surface area contributed by atoms with Gasteiger partial charge in [0.1, 0.15) is 0 Å². The van der Waals surface area contributed by atoms with Gasteiger partial charge in [0.15, 0.2) is 6.23 Å². The number of hydrogen-bond donors (Lipinski definition) is 2. The van der Waals surface area contributed by atoms with Crippen LogP contribution in [-0.4, -0.2) is 29.4 Å². The van der Waals surface area contributed by atoms with E-state index in [9.17, 15) is 9.59 Å². The average molecular weight is 250 g/mol. The van der Waals surface area contributed by atoms with Gasteiger partial charge >= 0.3 is 6.16 Å². The number of carboxylic acid groups (broad SMARTS) is 1. The second-order valence-corrected chi connectivity index (χ2v) is 4.17. The van der Waals surface area contributed by atoms with Gasteiger partial charge in [-0.2, -0.15) is 0 Å². The second-order valence-electron chi connectivity index (χ2n) is 4.17. The maximum Gasteiger partial charge on any atom is 0.507 e. The number of rotatable bonds is 2. The van der Waals surface area contributed by atoms with Crippen LogP contribution in [0.3, 0.4) is 0 Å². The highest BCUT2D eigenvalue weighted by molar-refractivity contribution is 5.99. The number of para-hydroxylation sites is 1. The Kier molecular flexibility index (Phi) is 3.20. The number of nitrogens with zero attached hydrogens (tertiary/aromatic N) is 1. The van der Waals surface area contributed by atoms with E-state index in [-0.39, 0.29) is 5.91 Å². The van der Waals surface area contributed by atoms with E-state index in [0.717, 1.165) is 5.56 Å². The molecule has 0 aliphatic carbocycles. The molecule has 0 spiro atoms. The van der Waals surface area contributed by atoms with Crippen molar-refractivity contribution in [3.8, 4) is 0 Å². The smallest absolute Gasteiger partial charge is 0.450 e. The zero-order valence-corrected chi connectivity index (χ0v) is 9.87. The number of ether oxygens (including phenoxy) is 1. The lowest BCUT2D eigenvalue weighted by Crippen LogP contribution is -2.47. The summed E-state index contributed by atoms with van der Waals surface area (Å²) in [4.78, 5) is 24.0. The van der Waals surface area contributed by atoms with Crippen LogP contribution in [0.4, 0.5) is 10.5 Å². The Morgan fingerprint density at radius 1 is 1.50 bits per heavy atom. The fourth-order valence-corrected chi connectivity index (χ4v) is 2.04. The summed E-state index contributed by atoms with van der Waals surface area (Å²) in [6.45, 7) is 1.56. The Labute approximate surface area is 104 Å². The first-order valence-corrected chi connectivity index (χ1v) is 5.57. The van der Waals surface area contributed by atoms with Crippen LogP contribution in [-0.2, 0) is 16.0 Å². The minimum absolute atomic E-state index is 0.348. The summed E-state index contributed by atoms with van der Waals surface area (Å²) < 4.78 is 4.74. The Bertz CT molecular complexity index is 487.